The Labute approximate surface area is 111 Å². The quantitative estimate of drug-likeness (QED) is 0.863. The van der Waals surface area contributed by atoms with Gasteiger partial charge >= 0.3 is 0 Å². The molecule has 4 nitrogen and oxygen atoms in total. The zero-order chi connectivity index (χ0) is 13.3. The molecule has 0 saturated heterocycles. The summed E-state index contributed by atoms with van der Waals surface area (Å²) in [5, 5.41) is 0. The number of rotatable bonds is 4. The topological polar surface area (TPSA) is 60.9 Å². The minimum absolute atomic E-state index is 0.247. The van der Waals surface area contributed by atoms with Crippen molar-refractivity contribution in [1.82, 2.24) is 9.55 Å². The van der Waals surface area contributed by atoms with Crippen LogP contribution < -0.4 is 5.73 Å². The highest BCUT2D eigenvalue weighted by atomic mass is 35.5. The highest BCUT2D eigenvalue weighted by Gasteiger charge is 2.27. The second-order valence-electron chi connectivity index (χ2n) is 4.94. The van der Waals surface area contributed by atoms with Gasteiger partial charge in [0.15, 0.2) is 0 Å². The fourth-order valence-corrected chi connectivity index (χ4v) is 2.53. The maximum absolute atomic E-state index is 11.2. The van der Waals surface area contributed by atoms with Crippen LogP contribution in [0, 0.1) is 0 Å². The molecule has 0 spiro atoms. The lowest BCUT2D eigenvalue weighted by molar-refractivity contribution is -0.119. The van der Waals surface area contributed by atoms with Crippen LogP contribution in [0.1, 0.15) is 26.1 Å². The number of halogens is 1. The third-order valence-corrected chi connectivity index (χ3v) is 3.20. The van der Waals surface area contributed by atoms with E-state index in [1.165, 1.54) is 0 Å². The van der Waals surface area contributed by atoms with E-state index in [9.17, 15) is 4.79 Å². The van der Waals surface area contributed by atoms with Gasteiger partial charge in [-0.2, -0.15) is 0 Å². The maximum atomic E-state index is 11.2. The first-order chi connectivity index (χ1) is 8.45. The number of para-hydroxylation sites is 2. The van der Waals surface area contributed by atoms with Crippen LogP contribution in [-0.4, -0.2) is 15.5 Å². The summed E-state index contributed by atoms with van der Waals surface area (Å²) < 4.78 is 2.00. The number of hydrogen-bond donors (Lipinski definition) is 1. The average molecular weight is 266 g/mol. The first kappa shape index (κ1) is 12.9. The van der Waals surface area contributed by atoms with E-state index in [1.807, 2.05) is 42.7 Å². The molecule has 2 rings (SSSR count). The van der Waals surface area contributed by atoms with Gasteiger partial charge in [0.1, 0.15) is 5.82 Å². The highest BCUT2D eigenvalue weighted by molar-refractivity contribution is 6.16. The summed E-state index contributed by atoms with van der Waals surface area (Å²) in [6.45, 7) is 3.92. The van der Waals surface area contributed by atoms with Crippen LogP contribution >= 0.6 is 11.6 Å². The molecule has 2 N–H and O–H groups in total. The minimum Gasteiger partial charge on any atom is -0.370 e. The van der Waals surface area contributed by atoms with Gasteiger partial charge in [-0.1, -0.05) is 12.1 Å². The van der Waals surface area contributed by atoms with Gasteiger partial charge in [0.25, 0.3) is 0 Å². The van der Waals surface area contributed by atoms with Crippen molar-refractivity contribution in [3.63, 3.8) is 0 Å². The lowest BCUT2D eigenvalue weighted by Crippen LogP contribution is -2.33. The number of nitrogens with two attached hydrogens (primary N) is 1. The molecule has 1 aromatic carbocycles. The van der Waals surface area contributed by atoms with Crippen molar-refractivity contribution in [2.75, 3.05) is 0 Å². The maximum Gasteiger partial charge on any atom is 0.219 e. The second kappa shape index (κ2) is 4.61. The van der Waals surface area contributed by atoms with Crippen LogP contribution in [0.15, 0.2) is 24.3 Å². The average Bonchev–Trinajstić information content (AvgIpc) is 2.66. The van der Waals surface area contributed by atoms with Crippen LogP contribution in [0.2, 0.25) is 0 Å². The van der Waals surface area contributed by atoms with Crippen molar-refractivity contribution < 1.29 is 4.79 Å². The number of nitrogens with zero attached hydrogens (tertiary/aromatic N) is 2. The largest absolute Gasteiger partial charge is 0.370 e. The van der Waals surface area contributed by atoms with Crippen molar-refractivity contribution in [2.45, 2.75) is 31.7 Å². The van der Waals surface area contributed by atoms with E-state index in [4.69, 9.17) is 17.3 Å². The number of carbonyl (C=O) groups excluding carboxylic acids is 1. The van der Waals surface area contributed by atoms with Crippen LogP contribution in [0.5, 0.6) is 0 Å². The number of carbonyl (C=O) groups is 1. The van der Waals surface area contributed by atoms with Crippen molar-refractivity contribution in [1.29, 1.82) is 0 Å². The monoisotopic (exact) mass is 265 g/mol. The van der Waals surface area contributed by atoms with Gasteiger partial charge in [0.2, 0.25) is 5.91 Å². The Balaban J connectivity index is 2.64. The molecule has 0 unspecified atom stereocenters. The molecule has 0 saturated carbocycles. The Hall–Kier alpha value is -1.55. The Bertz CT molecular complexity index is 589. The molecule has 2 aromatic rings. The van der Waals surface area contributed by atoms with E-state index < -0.39 is 5.54 Å². The Morgan fingerprint density at radius 2 is 2.11 bits per heavy atom. The highest BCUT2D eigenvalue weighted by Crippen LogP contribution is 2.28. The Morgan fingerprint density at radius 1 is 1.44 bits per heavy atom. The third-order valence-electron chi connectivity index (χ3n) is 2.96. The van der Waals surface area contributed by atoms with Gasteiger partial charge in [-0.25, -0.2) is 4.98 Å². The first-order valence-electron chi connectivity index (χ1n) is 5.77. The standard InChI is InChI=1S/C13H16ClN3O/c1-13(2,7-11(15)18)17-10-6-4-3-5-9(10)16-12(17)8-14/h3-6H,7-8H2,1-2H3,(H2,15,18). The number of benzene rings is 1. The summed E-state index contributed by atoms with van der Waals surface area (Å²) in [5.74, 6) is 0.721. The predicted octanol–water partition coefficient (Wildman–Crippen LogP) is 2.39. The number of imidazole rings is 1. The van der Waals surface area contributed by atoms with Crippen molar-refractivity contribution in [3.05, 3.63) is 30.1 Å². The third kappa shape index (κ3) is 2.20. The molecular formula is C13H16ClN3O. The van der Waals surface area contributed by atoms with Gasteiger partial charge in [-0.15, -0.1) is 11.6 Å². The Morgan fingerprint density at radius 3 is 2.72 bits per heavy atom. The first-order valence-corrected chi connectivity index (χ1v) is 6.30. The van der Waals surface area contributed by atoms with Gasteiger partial charge in [0.05, 0.1) is 16.9 Å². The van der Waals surface area contributed by atoms with Crippen LogP contribution in [-0.2, 0) is 16.2 Å². The lowest BCUT2D eigenvalue weighted by Gasteiger charge is -2.27. The fraction of sp³-hybridized carbons (Fsp3) is 0.385. The van der Waals surface area contributed by atoms with Gasteiger partial charge in [-0.05, 0) is 26.0 Å². The molecule has 0 aliphatic carbocycles. The number of hydrogen-bond acceptors (Lipinski definition) is 2. The van der Waals surface area contributed by atoms with Gasteiger partial charge in [0, 0.05) is 12.0 Å². The van der Waals surface area contributed by atoms with E-state index in [2.05, 4.69) is 4.98 Å². The second-order valence-corrected chi connectivity index (χ2v) is 5.21. The summed E-state index contributed by atoms with van der Waals surface area (Å²) in [5.41, 5.74) is 6.73. The predicted molar refractivity (Wildman–Crippen MR) is 72.4 cm³/mol. The molecular weight excluding hydrogens is 250 g/mol. The molecule has 1 aromatic heterocycles. The van der Waals surface area contributed by atoms with E-state index in [0.717, 1.165) is 16.9 Å². The molecule has 0 aliphatic heterocycles. The molecule has 1 heterocycles. The number of aromatic nitrogens is 2. The summed E-state index contributed by atoms with van der Waals surface area (Å²) in [6.07, 6.45) is 0.247. The van der Waals surface area contributed by atoms with E-state index in [0.29, 0.717) is 5.88 Å². The summed E-state index contributed by atoms with van der Waals surface area (Å²) in [4.78, 5) is 15.7. The zero-order valence-corrected chi connectivity index (χ0v) is 11.2. The van der Waals surface area contributed by atoms with Crippen molar-refractivity contribution >= 4 is 28.5 Å². The summed E-state index contributed by atoms with van der Waals surface area (Å²) in [7, 11) is 0. The molecule has 5 heteroatoms. The molecule has 0 radical (unpaired) electrons. The number of alkyl halides is 1. The van der Waals surface area contributed by atoms with Crippen LogP contribution in [0.25, 0.3) is 11.0 Å². The molecule has 18 heavy (non-hydrogen) atoms. The summed E-state index contributed by atoms with van der Waals surface area (Å²) >= 11 is 5.95. The number of amides is 1. The number of primary amides is 1. The van der Waals surface area contributed by atoms with Crippen LogP contribution in [0.3, 0.4) is 0 Å². The molecule has 1 amide bonds. The summed E-state index contributed by atoms with van der Waals surface area (Å²) in [6, 6.07) is 7.78. The van der Waals surface area contributed by atoms with E-state index in [1.54, 1.807) is 0 Å². The normalized spacial score (nSPS) is 11.9. The van der Waals surface area contributed by atoms with E-state index >= 15 is 0 Å². The molecule has 0 aliphatic rings. The lowest BCUT2D eigenvalue weighted by atomic mass is 9.99. The molecule has 0 bridgehead atoms. The molecule has 0 fully saturated rings. The van der Waals surface area contributed by atoms with Crippen molar-refractivity contribution in [3.8, 4) is 0 Å². The van der Waals surface area contributed by atoms with Crippen LogP contribution in [0.4, 0.5) is 0 Å². The van der Waals surface area contributed by atoms with Gasteiger partial charge in [-0.3, -0.25) is 4.79 Å². The fourth-order valence-electron chi connectivity index (χ4n) is 2.35. The smallest absolute Gasteiger partial charge is 0.219 e. The van der Waals surface area contributed by atoms with E-state index in [-0.39, 0.29) is 12.3 Å². The number of fused-ring (bicyclic) bond motifs is 1. The van der Waals surface area contributed by atoms with Crippen molar-refractivity contribution in [2.24, 2.45) is 5.73 Å². The van der Waals surface area contributed by atoms with Gasteiger partial charge < -0.3 is 10.3 Å². The molecule has 96 valence electrons. The Kier molecular flexibility index (Phi) is 3.30. The SMILES string of the molecule is CC(C)(CC(N)=O)n1c(CCl)nc2ccccc21. The zero-order valence-electron chi connectivity index (χ0n) is 10.5. The molecule has 0 atom stereocenters. The minimum atomic E-state index is -0.438.